The Morgan fingerprint density at radius 1 is 1.18 bits per heavy atom. The molecule has 1 N–H and O–H groups in total. The highest BCUT2D eigenvalue weighted by molar-refractivity contribution is 5.98. The highest BCUT2D eigenvalue weighted by atomic mass is 16.5. The molecule has 1 saturated carbocycles. The van der Waals surface area contributed by atoms with E-state index in [-0.39, 0.29) is 17.9 Å². The Morgan fingerprint density at radius 2 is 1.91 bits per heavy atom. The van der Waals surface area contributed by atoms with Crippen molar-refractivity contribution < 1.29 is 14.3 Å². The van der Waals surface area contributed by atoms with Gasteiger partial charge in [0.25, 0.3) is 5.91 Å². The number of hydrogen-bond donors (Lipinski definition) is 1. The molecule has 2 heterocycles. The molecule has 1 aliphatic rings. The average Bonchev–Trinajstić information content (AvgIpc) is 3.46. The Kier molecular flexibility index (Phi) is 6.91. The number of ether oxygens (including phenoxy) is 1. The molecule has 2 aromatic heterocycles. The van der Waals surface area contributed by atoms with Crippen LogP contribution >= 0.6 is 0 Å². The molecule has 0 radical (unpaired) electrons. The molecule has 0 saturated heterocycles. The van der Waals surface area contributed by atoms with Gasteiger partial charge in [-0.1, -0.05) is 26.2 Å². The van der Waals surface area contributed by atoms with E-state index in [1.807, 2.05) is 6.07 Å². The summed E-state index contributed by atoms with van der Waals surface area (Å²) in [6, 6.07) is 9.22. The highest BCUT2D eigenvalue weighted by Gasteiger charge is 2.26. The van der Waals surface area contributed by atoms with E-state index >= 15 is 0 Å². The summed E-state index contributed by atoms with van der Waals surface area (Å²) in [6.07, 6.45) is 7.99. The second-order valence-electron chi connectivity index (χ2n) is 8.70. The minimum atomic E-state index is -0.319. The molecule has 8 nitrogen and oxygen atoms in total. The molecule has 1 aliphatic carbocycles. The molecule has 8 heteroatoms. The van der Waals surface area contributed by atoms with Crippen LogP contribution in [0.5, 0.6) is 0 Å². The van der Waals surface area contributed by atoms with Crippen LogP contribution in [0.15, 0.2) is 36.5 Å². The summed E-state index contributed by atoms with van der Waals surface area (Å²) in [5.74, 6) is 0.0953. The quantitative estimate of drug-likeness (QED) is 0.387. The number of rotatable bonds is 8. The molecule has 174 valence electrons. The largest absolute Gasteiger partial charge is 0.462 e. The number of anilines is 2. The van der Waals surface area contributed by atoms with Gasteiger partial charge < -0.3 is 19.5 Å². The molecule has 4 rings (SSSR count). The smallest absolute Gasteiger partial charge is 0.338 e. The Morgan fingerprint density at radius 3 is 2.58 bits per heavy atom. The van der Waals surface area contributed by atoms with Crippen LogP contribution in [0.25, 0.3) is 11.0 Å². The van der Waals surface area contributed by atoms with Crippen molar-refractivity contribution in [3.63, 3.8) is 0 Å². The van der Waals surface area contributed by atoms with E-state index in [0.29, 0.717) is 23.8 Å². The van der Waals surface area contributed by atoms with E-state index in [1.165, 1.54) is 0 Å². The second-order valence-corrected chi connectivity index (χ2v) is 8.70. The Hall–Kier alpha value is -3.42. The molecule has 33 heavy (non-hydrogen) atoms. The van der Waals surface area contributed by atoms with Crippen molar-refractivity contribution >= 4 is 34.5 Å². The van der Waals surface area contributed by atoms with E-state index in [2.05, 4.69) is 21.8 Å². The number of carbonyl (C=O) groups excluding carboxylic acids is 2. The zero-order valence-corrected chi connectivity index (χ0v) is 19.5. The first-order valence-electron chi connectivity index (χ1n) is 11.6. The van der Waals surface area contributed by atoms with Crippen LogP contribution in [0.2, 0.25) is 0 Å². The Labute approximate surface area is 194 Å². The second kappa shape index (κ2) is 10.0. The zero-order chi connectivity index (χ0) is 23.4. The van der Waals surface area contributed by atoms with Gasteiger partial charge in [-0.25, -0.2) is 9.78 Å². The number of unbranched alkanes of at least 4 members (excludes halogenated alkanes) is 1. The lowest BCUT2D eigenvalue weighted by Crippen LogP contribution is -2.25. The van der Waals surface area contributed by atoms with Crippen LogP contribution in [-0.2, 0) is 4.74 Å². The first kappa shape index (κ1) is 22.8. The minimum Gasteiger partial charge on any atom is -0.462 e. The third-order valence-electron chi connectivity index (χ3n) is 6.00. The summed E-state index contributed by atoms with van der Waals surface area (Å²) in [5, 5.41) is 4.06. The molecule has 1 amide bonds. The Balaban J connectivity index is 1.58. The van der Waals surface area contributed by atoms with Gasteiger partial charge in [-0.2, -0.15) is 4.98 Å². The summed E-state index contributed by atoms with van der Waals surface area (Å²) in [5.41, 5.74) is 2.69. The molecule has 0 unspecified atom stereocenters. The monoisotopic (exact) mass is 449 g/mol. The molecular formula is C25H31N5O3. The van der Waals surface area contributed by atoms with Gasteiger partial charge in [-0.05, 0) is 49.6 Å². The number of benzene rings is 1. The predicted octanol–water partition coefficient (Wildman–Crippen LogP) is 4.95. The third-order valence-corrected chi connectivity index (χ3v) is 6.00. The lowest BCUT2D eigenvalue weighted by molar-refractivity contribution is 0.0499. The lowest BCUT2D eigenvalue weighted by atomic mass is 10.2. The van der Waals surface area contributed by atoms with Gasteiger partial charge >= 0.3 is 5.97 Å². The van der Waals surface area contributed by atoms with Crippen LogP contribution in [0.4, 0.5) is 11.6 Å². The van der Waals surface area contributed by atoms with E-state index in [0.717, 1.165) is 55.2 Å². The molecule has 0 spiro atoms. The lowest BCUT2D eigenvalue weighted by Gasteiger charge is -2.19. The van der Waals surface area contributed by atoms with Crippen molar-refractivity contribution in [3.05, 3.63) is 47.8 Å². The van der Waals surface area contributed by atoms with Gasteiger partial charge in [-0.3, -0.25) is 4.79 Å². The Bertz CT molecular complexity index is 1130. The van der Waals surface area contributed by atoms with Crippen molar-refractivity contribution in [2.24, 2.45) is 0 Å². The fourth-order valence-corrected chi connectivity index (χ4v) is 4.21. The van der Waals surface area contributed by atoms with Gasteiger partial charge in [0.15, 0.2) is 0 Å². The van der Waals surface area contributed by atoms with Crippen molar-refractivity contribution in [1.82, 2.24) is 19.4 Å². The van der Waals surface area contributed by atoms with Gasteiger partial charge in [0.05, 0.1) is 12.2 Å². The van der Waals surface area contributed by atoms with Gasteiger partial charge in [0.1, 0.15) is 11.3 Å². The maximum atomic E-state index is 12.8. The molecule has 0 bridgehead atoms. The topological polar surface area (TPSA) is 89.3 Å². The van der Waals surface area contributed by atoms with E-state index in [9.17, 15) is 9.59 Å². The van der Waals surface area contributed by atoms with E-state index in [4.69, 9.17) is 9.72 Å². The van der Waals surface area contributed by atoms with Crippen molar-refractivity contribution in [2.75, 3.05) is 26.0 Å². The summed E-state index contributed by atoms with van der Waals surface area (Å²) in [6.45, 7) is 2.49. The fraction of sp³-hybridized carbons (Fsp3) is 0.440. The number of carbonyl (C=O) groups is 2. The molecule has 0 atom stereocenters. The molecule has 1 aromatic carbocycles. The first-order valence-corrected chi connectivity index (χ1v) is 11.6. The first-order chi connectivity index (χ1) is 16.0. The van der Waals surface area contributed by atoms with Crippen molar-refractivity contribution in [3.8, 4) is 0 Å². The highest BCUT2D eigenvalue weighted by Crippen LogP contribution is 2.35. The van der Waals surface area contributed by atoms with Crippen LogP contribution in [0, 0.1) is 0 Å². The van der Waals surface area contributed by atoms with E-state index in [1.54, 1.807) is 49.5 Å². The van der Waals surface area contributed by atoms with Crippen LogP contribution in [-0.4, -0.2) is 52.0 Å². The van der Waals surface area contributed by atoms with Crippen LogP contribution in [0.3, 0.4) is 0 Å². The average molecular weight is 450 g/mol. The maximum Gasteiger partial charge on any atom is 0.338 e. The molecule has 3 aromatic rings. The number of fused-ring (bicyclic) bond motifs is 1. The van der Waals surface area contributed by atoms with Crippen molar-refractivity contribution in [1.29, 1.82) is 0 Å². The molecule has 1 fully saturated rings. The van der Waals surface area contributed by atoms with Crippen LogP contribution in [0.1, 0.15) is 72.3 Å². The standard InChI is InChI=1S/C25H31N5O3/c1-4-5-14-33-24(32)17-10-12-19(13-11-17)27-25-26-16-18-15-21(23(31)29(2)3)30(22(18)28-25)20-8-6-7-9-20/h10-13,15-16,20H,4-9,14H2,1-3H3,(H,26,27,28). The zero-order valence-electron chi connectivity index (χ0n) is 19.5. The third kappa shape index (κ3) is 4.99. The molecule has 0 aliphatic heterocycles. The summed E-state index contributed by atoms with van der Waals surface area (Å²) < 4.78 is 7.35. The summed E-state index contributed by atoms with van der Waals surface area (Å²) >= 11 is 0. The SMILES string of the molecule is CCCCOC(=O)c1ccc(Nc2ncc3cc(C(=O)N(C)C)n(C4CCCC4)c3n2)cc1. The summed E-state index contributed by atoms with van der Waals surface area (Å²) in [7, 11) is 3.53. The maximum absolute atomic E-state index is 12.8. The predicted molar refractivity (Wildman–Crippen MR) is 128 cm³/mol. The van der Waals surface area contributed by atoms with Gasteiger partial charge in [0, 0.05) is 37.4 Å². The van der Waals surface area contributed by atoms with Gasteiger partial charge in [-0.15, -0.1) is 0 Å². The van der Waals surface area contributed by atoms with Crippen LogP contribution < -0.4 is 5.32 Å². The number of nitrogens with one attached hydrogen (secondary N) is 1. The molecular weight excluding hydrogens is 418 g/mol. The van der Waals surface area contributed by atoms with E-state index < -0.39 is 0 Å². The number of nitrogens with zero attached hydrogens (tertiary/aromatic N) is 4. The minimum absolute atomic E-state index is 0.0316. The van der Waals surface area contributed by atoms with Crippen molar-refractivity contribution in [2.45, 2.75) is 51.5 Å². The number of hydrogen-bond acceptors (Lipinski definition) is 6. The number of esters is 1. The summed E-state index contributed by atoms with van der Waals surface area (Å²) in [4.78, 5) is 35.7. The van der Waals surface area contributed by atoms with Gasteiger partial charge in [0.2, 0.25) is 5.95 Å². The normalized spacial score (nSPS) is 13.9. The number of amides is 1. The number of aromatic nitrogens is 3. The fourth-order valence-electron chi connectivity index (χ4n) is 4.21.